The van der Waals surface area contributed by atoms with Crippen molar-refractivity contribution in [2.75, 3.05) is 23.9 Å². The molecule has 4 nitrogen and oxygen atoms in total. The van der Waals surface area contributed by atoms with Crippen molar-refractivity contribution in [2.45, 2.75) is 11.3 Å². The molecule has 0 aliphatic heterocycles. The third-order valence-corrected chi connectivity index (χ3v) is 5.31. The molecule has 0 fully saturated rings. The first-order chi connectivity index (χ1) is 8.60. The van der Waals surface area contributed by atoms with E-state index in [0.29, 0.717) is 17.7 Å². The fourth-order valence-corrected chi connectivity index (χ4v) is 4.03. The number of benzene rings is 1. The minimum Gasteiger partial charge on any atom is -0.396 e. The predicted molar refractivity (Wildman–Crippen MR) is 72.2 cm³/mol. The summed E-state index contributed by atoms with van der Waals surface area (Å²) in [6.07, 6.45) is 0.675. The van der Waals surface area contributed by atoms with Crippen molar-refractivity contribution in [1.82, 2.24) is 0 Å². The van der Waals surface area contributed by atoms with Crippen molar-refractivity contribution in [3.63, 3.8) is 0 Å². The minimum atomic E-state index is -3.31. The summed E-state index contributed by atoms with van der Waals surface area (Å²) in [7, 11) is -3.31. The molecule has 0 atom stereocenters. The van der Waals surface area contributed by atoms with Crippen molar-refractivity contribution in [3.8, 4) is 6.07 Å². The molecular weight excluding hydrogens is 270 g/mol. The van der Waals surface area contributed by atoms with E-state index >= 15 is 0 Å². The van der Waals surface area contributed by atoms with E-state index in [4.69, 9.17) is 10.4 Å². The molecule has 0 unspecified atom stereocenters. The summed E-state index contributed by atoms with van der Waals surface area (Å²) in [6.45, 7) is 0.129. The van der Waals surface area contributed by atoms with Gasteiger partial charge in [0.05, 0.1) is 22.3 Å². The lowest BCUT2D eigenvalue weighted by Gasteiger charge is -2.04. The largest absolute Gasteiger partial charge is 0.396 e. The topological polar surface area (TPSA) is 78.2 Å². The summed E-state index contributed by atoms with van der Waals surface area (Å²) in [4.78, 5) is 0.198. The van der Waals surface area contributed by atoms with E-state index in [1.54, 1.807) is 12.1 Å². The van der Waals surface area contributed by atoms with Gasteiger partial charge in [0.15, 0.2) is 9.84 Å². The predicted octanol–water partition coefficient (Wildman–Crippen LogP) is 1.45. The van der Waals surface area contributed by atoms with Gasteiger partial charge in [-0.15, -0.1) is 0 Å². The van der Waals surface area contributed by atoms with Crippen LogP contribution in [0.15, 0.2) is 29.2 Å². The van der Waals surface area contributed by atoms with Gasteiger partial charge in [-0.25, -0.2) is 8.42 Å². The number of thioether (sulfide) groups is 1. The highest BCUT2D eigenvalue weighted by atomic mass is 32.2. The van der Waals surface area contributed by atoms with Crippen molar-refractivity contribution in [3.05, 3.63) is 29.8 Å². The normalized spacial score (nSPS) is 11.1. The second-order valence-electron chi connectivity index (χ2n) is 3.65. The lowest BCUT2D eigenvalue weighted by Crippen LogP contribution is -2.09. The zero-order valence-corrected chi connectivity index (χ0v) is 11.5. The molecule has 0 amide bonds. The molecule has 1 aromatic rings. The number of hydrogen-bond donors (Lipinski definition) is 1. The van der Waals surface area contributed by atoms with Crippen molar-refractivity contribution < 1.29 is 13.5 Å². The Hall–Kier alpha value is -1.03. The Bertz CT molecular complexity index is 520. The van der Waals surface area contributed by atoms with Gasteiger partial charge in [-0.3, -0.25) is 0 Å². The van der Waals surface area contributed by atoms with Crippen LogP contribution in [0.3, 0.4) is 0 Å². The number of nitrogens with zero attached hydrogens (tertiary/aromatic N) is 1. The first-order valence-corrected chi connectivity index (χ1v) is 8.32. The van der Waals surface area contributed by atoms with E-state index in [0.717, 1.165) is 5.75 Å². The Balaban J connectivity index is 2.60. The molecule has 0 aliphatic rings. The lowest BCUT2D eigenvalue weighted by molar-refractivity contribution is 0.296. The molecule has 0 spiro atoms. The average Bonchev–Trinajstić information content (AvgIpc) is 2.38. The Morgan fingerprint density at radius 3 is 2.78 bits per heavy atom. The van der Waals surface area contributed by atoms with Crippen LogP contribution in [0.25, 0.3) is 0 Å². The number of sulfone groups is 1. The van der Waals surface area contributed by atoms with E-state index in [9.17, 15) is 8.42 Å². The van der Waals surface area contributed by atoms with Crippen LogP contribution in [0.4, 0.5) is 0 Å². The number of nitriles is 1. The van der Waals surface area contributed by atoms with E-state index in [-0.39, 0.29) is 17.3 Å². The van der Waals surface area contributed by atoms with E-state index in [1.165, 1.54) is 23.9 Å². The van der Waals surface area contributed by atoms with Crippen LogP contribution in [0.5, 0.6) is 0 Å². The van der Waals surface area contributed by atoms with Crippen molar-refractivity contribution in [2.24, 2.45) is 0 Å². The van der Waals surface area contributed by atoms with Crippen LogP contribution >= 0.6 is 11.8 Å². The van der Waals surface area contributed by atoms with Gasteiger partial charge in [0, 0.05) is 12.4 Å². The average molecular weight is 285 g/mol. The Labute approximate surface area is 112 Å². The standard InChI is InChI=1S/C12H15NO3S2/c13-10-11-3-1-4-12(9-11)18(15,16)8-7-17-6-2-5-14/h1,3-4,9,14H,2,5-8H2. The third-order valence-electron chi connectivity index (χ3n) is 2.27. The minimum absolute atomic E-state index is 0.0535. The van der Waals surface area contributed by atoms with Gasteiger partial charge in [0.1, 0.15) is 0 Å². The van der Waals surface area contributed by atoms with Crippen LogP contribution in [-0.2, 0) is 9.84 Å². The zero-order chi connectivity index (χ0) is 13.4. The first-order valence-electron chi connectivity index (χ1n) is 5.51. The summed E-state index contributed by atoms with van der Waals surface area (Å²) in [5, 5.41) is 17.3. The molecular formula is C12H15NO3S2. The molecule has 18 heavy (non-hydrogen) atoms. The maximum atomic E-state index is 12.0. The number of hydrogen-bond acceptors (Lipinski definition) is 5. The van der Waals surface area contributed by atoms with Gasteiger partial charge in [-0.1, -0.05) is 6.07 Å². The summed E-state index contributed by atoms with van der Waals surface area (Å²) in [6, 6.07) is 7.98. The highest BCUT2D eigenvalue weighted by Gasteiger charge is 2.14. The van der Waals surface area contributed by atoms with Gasteiger partial charge in [-0.05, 0) is 30.4 Å². The zero-order valence-electron chi connectivity index (χ0n) is 9.87. The maximum absolute atomic E-state index is 12.0. The molecule has 0 aromatic heterocycles. The van der Waals surface area contributed by atoms with Crippen molar-refractivity contribution >= 4 is 21.6 Å². The van der Waals surface area contributed by atoms with Gasteiger partial charge < -0.3 is 5.11 Å². The van der Waals surface area contributed by atoms with Gasteiger partial charge in [0.25, 0.3) is 0 Å². The second kappa shape index (κ2) is 7.41. The molecule has 0 bridgehead atoms. The third kappa shape index (κ3) is 4.69. The molecule has 0 radical (unpaired) electrons. The highest BCUT2D eigenvalue weighted by molar-refractivity contribution is 8.00. The van der Waals surface area contributed by atoms with Gasteiger partial charge >= 0.3 is 0 Å². The lowest BCUT2D eigenvalue weighted by atomic mass is 10.2. The molecule has 6 heteroatoms. The SMILES string of the molecule is N#Cc1cccc(S(=O)(=O)CCSCCCO)c1. The van der Waals surface area contributed by atoms with E-state index in [2.05, 4.69) is 0 Å². The molecule has 0 saturated carbocycles. The first kappa shape index (κ1) is 15.0. The molecule has 1 rings (SSSR count). The smallest absolute Gasteiger partial charge is 0.179 e. The summed E-state index contributed by atoms with van der Waals surface area (Å²) < 4.78 is 23.9. The molecule has 1 N–H and O–H groups in total. The fraction of sp³-hybridized carbons (Fsp3) is 0.417. The van der Waals surface area contributed by atoms with Crippen LogP contribution < -0.4 is 0 Å². The maximum Gasteiger partial charge on any atom is 0.179 e. The van der Waals surface area contributed by atoms with E-state index in [1.807, 2.05) is 6.07 Å². The molecule has 0 heterocycles. The van der Waals surface area contributed by atoms with Crippen LogP contribution in [0.2, 0.25) is 0 Å². The van der Waals surface area contributed by atoms with Gasteiger partial charge in [0.2, 0.25) is 0 Å². The quantitative estimate of drug-likeness (QED) is 0.767. The van der Waals surface area contributed by atoms with Crippen molar-refractivity contribution in [1.29, 1.82) is 5.26 Å². The Kier molecular flexibility index (Phi) is 6.19. The molecule has 0 saturated heterocycles. The van der Waals surface area contributed by atoms with Crippen LogP contribution in [-0.4, -0.2) is 37.4 Å². The Morgan fingerprint density at radius 2 is 2.11 bits per heavy atom. The second-order valence-corrected chi connectivity index (χ2v) is 6.98. The molecule has 1 aromatic carbocycles. The summed E-state index contributed by atoms with van der Waals surface area (Å²) in [5.41, 5.74) is 0.351. The number of aliphatic hydroxyl groups is 1. The van der Waals surface area contributed by atoms with Crippen LogP contribution in [0, 0.1) is 11.3 Å². The van der Waals surface area contributed by atoms with E-state index < -0.39 is 9.84 Å². The van der Waals surface area contributed by atoms with Crippen LogP contribution in [0.1, 0.15) is 12.0 Å². The number of aliphatic hydroxyl groups excluding tert-OH is 1. The molecule has 98 valence electrons. The van der Waals surface area contributed by atoms with Gasteiger partial charge in [-0.2, -0.15) is 17.0 Å². The monoisotopic (exact) mass is 285 g/mol. The highest BCUT2D eigenvalue weighted by Crippen LogP contribution is 2.14. The summed E-state index contributed by atoms with van der Waals surface area (Å²) >= 11 is 1.51. The summed E-state index contributed by atoms with van der Waals surface area (Å²) in [5.74, 6) is 1.31. The fourth-order valence-electron chi connectivity index (χ4n) is 1.31. The Morgan fingerprint density at radius 1 is 1.33 bits per heavy atom. The number of rotatable bonds is 7. The molecule has 0 aliphatic carbocycles.